The van der Waals surface area contributed by atoms with Crippen LogP contribution < -0.4 is 5.32 Å². The van der Waals surface area contributed by atoms with E-state index in [1.54, 1.807) is 19.1 Å². The van der Waals surface area contributed by atoms with E-state index in [-0.39, 0.29) is 31.1 Å². The molecule has 0 aromatic heterocycles. The van der Waals surface area contributed by atoms with E-state index in [0.717, 1.165) is 39.7 Å². The largest absolute Gasteiger partial charge is 0.338 e. The minimum atomic E-state index is -4.08. The number of imide groups is 1. The number of halogens is 2. The van der Waals surface area contributed by atoms with Gasteiger partial charge in [-0.25, -0.2) is 22.0 Å². The quantitative estimate of drug-likeness (QED) is 0.549. The van der Waals surface area contributed by atoms with Crippen molar-refractivity contribution < 1.29 is 31.6 Å². The van der Waals surface area contributed by atoms with Gasteiger partial charge in [0.15, 0.2) is 11.6 Å². The minimum Gasteiger partial charge on any atom is -0.338 e. The fraction of sp³-hybridized carbons (Fsp3) is 0.400. The van der Waals surface area contributed by atoms with Gasteiger partial charge in [-0.05, 0) is 42.7 Å². The van der Waals surface area contributed by atoms with Gasteiger partial charge in [0.05, 0.1) is 4.90 Å². The summed E-state index contributed by atoms with van der Waals surface area (Å²) in [6.45, 7) is 3.06. The molecule has 37 heavy (non-hydrogen) atoms. The van der Waals surface area contributed by atoms with Crippen molar-refractivity contribution in [3.8, 4) is 0 Å². The van der Waals surface area contributed by atoms with E-state index in [1.807, 2.05) is 12.1 Å². The van der Waals surface area contributed by atoms with Crippen LogP contribution in [0.25, 0.3) is 0 Å². The van der Waals surface area contributed by atoms with E-state index >= 15 is 0 Å². The van der Waals surface area contributed by atoms with Crippen LogP contribution in [0.3, 0.4) is 0 Å². The average Bonchev–Trinajstić information content (AvgIpc) is 3.10. The maximum absolute atomic E-state index is 13.5. The number of hydrogen-bond acceptors (Lipinski definition) is 5. The van der Waals surface area contributed by atoms with Gasteiger partial charge in [-0.3, -0.25) is 14.5 Å². The molecular formula is C25H28F2N4O5S. The second kappa shape index (κ2) is 10.2. The number of rotatable bonds is 7. The van der Waals surface area contributed by atoms with Crippen LogP contribution in [-0.2, 0) is 31.6 Å². The maximum atomic E-state index is 13.5. The Kier molecular flexibility index (Phi) is 7.33. The molecule has 0 aliphatic carbocycles. The molecule has 0 unspecified atom stereocenters. The number of hydrogen-bond donors (Lipinski definition) is 1. The molecule has 2 aromatic rings. The lowest BCUT2D eigenvalue weighted by Gasteiger charge is -2.34. The van der Waals surface area contributed by atoms with Gasteiger partial charge >= 0.3 is 6.03 Å². The van der Waals surface area contributed by atoms with Crippen molar-refractivity contribution in [2.75, 3.05) is 32.7 Å². The Balaban J connectivity index is 1.39. The van der Waals surface area contributed by atoms with Gasteiger partial charge in [-0.2, -0.15) is 4.31 Å². The highest BCUT2D eigenvalue weighted by atomic mass is 32.2. The van der Waals surface area contributed by atoms with Gasteiger partial charge in [-0.1, -0.05) is 37.6 Å². The van der Waals surface area contributed by atoms with Crippen molar-refractivity contribution in [1.29, 1.82) is 0 Å². The maximum Gasteiger partial charge on any atom is 0.325 e. The first-order chi connectivity index (χ1) is 17.5. The highest BCUT2D eigenvalue weighted by Crippen LogP contribution is 2.29. The summed E-state index contributed by atoms with van der Waals surface area (Å²) in [7, 11) is -4.08. The number of piperazine rings is 1. The third-order valence-electron chi connectivity index (χ3n) is 6.76. The molecule has 2 fully saturated rings. The molecule has 2 aromatic carbocycles. The Labute approximate surface area is 214 Å². The molecule has 198 valence electrons. The predicted octanol–water partition coefficient (Wildman–Crippen LogP) is 2.22. The molecule has 0 saturated carbocycles. The monoisotopic (exact) mass is 534 g/mol. The van der Waals surface area contributed by atoms with Crippen LogP contribution in [0, 0.1) is 11.6 Å². The summed E-state index contributed by atoms with van der Waals surface area (Å²) in [6, 6.07) is 9.07. The van der Waals surface area contributed by atoms with Crippen molar-refractivity contribution in [3.05, 3.63) is 65.2 Å². The number of carbonyl (C=O) groups is 3. The lowest BCUT2D eigenvalue weighted by atomic mass is 9.91. The van der Waals surface area contributed by atoms with Gasteiger partial charge in [0, 0.05) is 26.2 Å². The third kappa shape index (κ3) is 5.08. The zero-order valence-electron chi connectivity index (χ0n) is 20.5. The summed E-state index contributed by atoms with van der Waals surface area (Å²) >= 11 is 0. The molecule has 0 spiro atoms. The molecule has 9 nitrogen and oxygen atoms in total. The highest BCUT2D eigenvalue weighted by Gasteiger charge is 2.49. The van der Waals surface area contributed by atoms with Crippen LogP contribution in [0.1, 0.15) is 31.4 Å². The van der Waals surface area contributed by atoms with Gasteiger partial charge in [-0.15, -0.1) is 0 Å². The van der Waals surface area contributed by atoms with E-state index in [4.69, 9.17) is 0 Å². The lowest BCUT2D eigenvalue weighted by molar-refractivity contribution is -0.139. The fourth-order valence-corrected chi connectivity index (χ4v) is 5.96. The van der Waals surface area contributed by atoms with Crippen LogP contribution in [0.15, 0.2) is 47.4 Å². The van der Waals surface area contributed by atoms with Crippen molar-refractivity contribution in [2.45, 2.75) is 37.1 Å². The molecular weight excluding hydrogens is 506 g/mol. The summed E-state index contributed by atoms with van der Waals surface area (Å²) in [4.78, 5) is 40.6. The van der Waals surface area contributed by atoms with E-state index in [2.05, 4.69) is 12.2 Å². The molecule has 2 aliphatic rings. The van der Waals surface area contributed by atoms with Crippen molar-refractivity contribution in [2.24, 2.45) is 0 Å². The number of benzene rings is 2. The molecule has 2 heterocycles. The smallest absolute Gasteiger partial charge is 0.325 e. The fourth-order valence-electron chi connectivity index (χ4n) is 4.53. The number of amides is 4. The van der Waals surface area contributed by atoms with Gasteiger partial charge < -0.3 is 10.2 Å². The van der Waals surface area contributed by atoms with Gasteiger partial charge in [0.1, 0.15) is 12.1 Å². The molecule has 4 rings (SSSR count). The van der Waals surface area contributed by atoms with Crippen LogP contribution in [0.4, 0.5) is 13.6 Å². The molecule has 12 heteroatoms. The number of urea groups is 1. The topological polar surface area (TPSA) is 107 Å². The highest BCUT2D eigenvalue weighted by molar-refractivity contribution is 7.89. The second-order valence-electron chi connectivity index (χ2n) is 9.25. The predicted molar refractivity (Wildman–Crippen MR) is 130 cm³/mol. The summed E-state index contributed by atoms with van der Waals surface area (Å²) < 4.78 is 53.4. The van der Waals surface area contributed by atoms with Crippen molar-refractivity contribution in [3.63, 3.8) is 0 Å². The van der Waals surface area contributed by atoms with Crippen molar-refractivity contribution >= 4 is 27.9 Å². The summed E-state index contributed by atoms with van der Waals surface area (Å²) in [6.07, 6.45) is 1.88. The number of aryl methyl sites for hydroxylation is 1. The van der Waals surface area contributed by atoms with E-state index in [9.17, 15) is 31.6 Å². The van der Waals surface area contributed by atoms with E-state index < -0.39 is 51.6 Å². The zero-order chi connectivity index (χ0) is 27.0. The third-order valence-corrected chi connectivity index (χ3v) is 8.65. The first-order valence-electron chi connectivity index (χ1n) is 11.9. The summed E-state index contributed by atoms with van der Waals surface area (Å²) in [5, 5.41) is 2.68. The lowest BCUT2D eigenvalue weighted by Crippen LogP contribution is -2.53. The second-order valence-corrected chi connectivity index (χ2v) is 11.2. The molecule has 1 atom stereocenters. The normalized spacial score (nSPS) is 20.9. The van der Waals surface area contributed by atoms with E-state index in [1.165, 1.54) is 4.90 Å². The molecule has 1 N–H and O–H groups in total. The Bertz CT molecular complexity index is 1330. The Morgan fingerprint density at radius 2 is 1.65 bits per heavy atom. The standard InChI is InChI=1S/C25H28F2N4O5S/c1-3-4-17-5-7-18(8-6-17)25(2)23(33)31(24(34)28-25)16-22(32)29-11-13-30(14-12-29)37(35,36)19-9-10-20(26)21(27)15-19/h5-10,15H,3-4,11-14,16H2,1-2H3,(H,28,34)/t25-/m0/s1. The van der Waals surface area contributed by atoms with Gasteiger partial charge in [0.25, 0.3) is 5.91 Å². The van der Waals surface area contributed by atoms with Crippen molar-refractivity contribution in [1.82, 2.24) is 19.4 Å². The molecule has 2 saturated heterocycles. The molecule has 2 aliphatic heterocycles. The Hall–Kier alpha value is -3.38. The van der Waals surface area contributed by atoms with Crippen LogP contribution in [-0.4, -0.2) is 73.1 Å². The molecule has 0 radical (unpaired) electrons. The number of carbonyl (C=O) groups excluding carboxylic acids is 3. The average molecular weight is 535 g/mol. The first kappa shape index (κ1) is 26.7. The Morgan fingerprint density at radius 3 is 2.24 bits per heavy atom. The van der Waals surface area contributed by atoms with Gasteiger partial charge in [0.2, 0.25) is 15.9 Å². The number of nitrogens with one attached hydrogen (secondary N) is 1. The summed E-state index contributed by atoms with van der Waals surface area (Å²) in [5.74, 6) is -3.48. The van der Waals surface area contributed by atoms with Crippen LogP contribution in [0.2, 0.25) is 0 Å². The first-order valence-corrected chi connectivity index (χ1v) is 13.4. The number of sulfonamides is 1. The number of nitrogens with zero attached hydrogens (tertiary/aromatic N) is 3. The SMILES string of the molecule is CCCc1ccc([C@]2(C)NC(=O)N(CC(=O)N3CCN(S(=O)(=O)c4ccc(F)c(F)c4)CC3)C2=O)cc1. The Morgan fingerprint density at radius 1 is 1.00 bits per heavy atom. The zero-order valence-corrected chi connectivity index (χ0v) is 21.4. The van der Waals surface area contributed by atoms with E-state index in [0.29, 0.717) is 11.6 Å². The van der Waals surface area contributed by atoms with Crippen LogP contribution >= 0.6 is 0 Å². The minimum absolute atomic E-state index is 0.0154. The molecule has 0 bridgehead atoms. The van der Waals surface area contributed by atoms with Crippen LogP contribution in [0.5, 0.6) is 0 Å². The molecule has 4 amide bonds. The summed E-state index contributed by atoms with van der Waals surface area (Å²) in [5.41, 5.74) is 0.417.